The molecule has 2 aromatic heterocycles. The van der Waals surface area contributed by atoms with Crippen molar-refractivity contribution in [2.45, 2.75) is 0 Å². The van der Waals surface area contributed by atoms with E-state index < -0.39 is 0 Å². The van der Waals surface area contributed by atoms with E-state index in [1.54, 1.807) is 19.2 Å². The first kappa shape index (κ1) is 14.5. The molecule has 4 heteroatoms. The van der Waals surface area contributed by atoms with Gasteiger partial charge in [0.05, 0.1) is 18.3 Å². The molecule has 2 aromatic carbocycles. The maximum atomic E-state index is 13.2. The number of methoxy groups -OCH3 is 1. The molecule has 0 fully saturated rings. The summed E-state index contributed by atoms with van der Waals surface area (Å²) in [7, 11) is 1.65. The lowest BCUT2D eigenvalue weighted by atomic mass is 10.1. The number of benzene rings is 2. The highest BCUT2D eigenvalue weighted by molar-refractivity contribution is 5.81. The Morgan fingerprint density at radius 2 is 1.58 bits per heavy atom. The largest absolute Gasteiger partial charge is 0.497 e. The second kappa shape index (κ2) is 5.81. The van der Waals surface area contributed by atoms with Crippen LogP contribution in [0.2, 0.25) is 0 Å². The van der Waals surface area contributed by atoms with Gasteiger partial charge in [0.25, 0.3) is 0 Å². The van der Waals surface area contributed by atoms with E-state index >= 15 is 0 Å². The third-order valence-corrected chi connectivity index (χ3v) is 4.01. The molecule has 0 aliphatic rings. The molecule has 4 aromatic rings. The van der Waals surface area contributed by atoms with Gasteiger partial charge in [0.15, 0.2) is 0 Å². The van der Waals surface area contributed by atoms with E-state index in [2.05, 4.69) is 0 Å². The Morgan fingerprint density at radius 3 is 2.29 bits per heavy atom. The van der Waals surface area contributed by atoms with E-state index in [4.69, 9.17) is 9.72 Å². The van der Waals surface area contributed by atoms with Gasteiger partial charge in [-0.3, -0.25) is 4.40 Å². The second-order valence-electron chi connectivity index (χ2n) is 5.48. The van der Waals surface area contributed by atoms with Gasteiger partial charge in [-0.15, -0.1) is 0 Å². The van der Waals surface area contributed by atoms with Gasteiger partial charge >= 0.3 is 0 Å². The summed E-state index contributed by atoms with van der Waals surface area (Å²) in [6, 6.07) is 20.2. The van der Waals surface area contributed by atoms with E-state index in [0.717, 1.165) is 33.9 Å². The predicted octanol–water partition coefficient (Wildman–Crippen LogP) is 4.82. The minimum absolute atomic E-state index is 0.252. The first-order chi connectivity index (χ1) is 11.8. The average Bonchev–Trinajstić information content (AvgIpc) is 3.02. The molecule has 0 amide bonds. The lowest BCUT2D eigenvalue weighted by Gasteiger charge is -2.03. The molecule has 0 spiro atoms. The van der Waals surface area contributed by atoms with Crippen LogP contribution < -0.4 is 4.74 Å². The molecule has 24 heavy (non-hydrogen) atoms. The van der Waals surface area contributed by atoms with Crippen molar-refractivity contribution in [3.05, 3.63) is 78.7 Å². The van der Waals surface area contributed by atoms with E-state index in [0.29, 0.717) is 0 Å². The van der Waals surface area contributed by atoms with Crippen LogP contribution in [-0.2, 0) is 0 Å². The third-order valence-electron chi connectivity index (χ3n) is 4.01. The molecule has 0 atom stereocenters. The summed E-state index contributed by atoms with van der Waals surface area (Å²) in [5.74, 6) is 1.39. The van der Waals surface area contributed by atoms with Gasteiger partial charge in [-0.25, -0.2) is 9.37 Å². The molecule has 0 radical (unpaired) electrons. The fourth-order valence-corrected chi connectivity index (χ4v) is 2.80. The Morgan fingerprint density at radius 1 is 0.875 bits per heavy atom. The normalized spacial score (nSPS) is 10.9. The number of rotatable bonds is 3. The Labute approximate surface area is 139 Å². The highest BCUT2D eigenvalue weighted by atomic mass is 19.1. The van der Waals surface area contributed by atoms with Crippen LogP contribution in [0.15, 0.2) is 72.9 Å². The van der Waals surface area contributed by atoms with Crippen molar-refractivity contribution in [3.8, 4) is 28.4 Å². The molecule has 0 unspecified atom stereocenters. The summed E-state index contributed by atoms with van der Waals surface area (Å²) in [4.78, 5) is 4.81. The van der Waals surface area contributed by atoms with Gasteiger partial charge in [-0.1, -0.05) is 6.07 Å². The Balaban J connectivity index is 1.91. The van der Waals surface area contributed by atoms with Gasteiger partial charge in [0.2, 0.25) is 0 Å². The van der Waals surface area contributed by atoms with Gasteiger partial charge < -0.3 is 4.74 Å². The highest BCUT2D eigenvalue weighted by Crippen LogP contribution is 2.30. The summed E-state index contributed by atoms with van der Waals surface area (Å²) >= 11 is 0. The van der Waals surface area contributed by atoms with Crippen molar-refractivity contribution in [2.24, 2.45) is 0 Å². The van der Waals surface area contributed by atoms with E-state index in [1.165, 1.54) is 12.1 Å². The molecule has 0 N–H and O–H groups in total. The lowest BCUT2D eigenvalue weighted by Crippen LogP contribution is -1.89. The summed E-state index contributed by atoms with van der Waals surface area (Å²) in [5, 5.41) is 0. The number of hydrogen-bond donors (Lipinski definition) is 0. The fraction of sp³-hybridized carbons (Fsp3) is 0.0500. The molecule has 0 saturated carbocycles. The van der Waals surface area contributed by atoms with Crippen molar-refractivity contribution in [1.29, 1.82) is 0 Å². The Kier molecular flexibility index (Phi) is 3.50. The lowest BCUT2D eigenvalue weighted by molar-refractivity contribution is 0.415. The van der Waals surface area contributed by atoms with Crippen LogP contribution >= 0.6 is 0 Å². The fourth-order valence-electron chi connectivity index (χ4n) is 2.80. The zero-order valence-corrected chi connectivity index (χ0v) is 13.1. The van der Waals surface area contributed by atoms with Crippen LogP contribution in [-0.4, -0.2) is 16.5 Å². The highest BCUT2D eigenvalue weighted by Gasteiger charge is 2.14. The second-order valence-corrected chi connectivity index (χ2v) is 5.48. The van der Waals surface area contributed by atoms with Crippen molar-refractivity contribution < 1.29 is 9.13 Å². The van der Waals surface area contributed by atoms with E-state index in [-0.39, 0.29) is 5.82 Å². The maximum absolute atomic E-state index is 13.2. The van der Waals surface area contributed by atoms with Crippen LogP contribution in [0.4, 0.5) is 4.39 Å². The average molecular weight is 318 g/mol. The zero-order chi connectivity index (χ0) is 16.5. The standard InChI is InChI=1S/C20H15FN2O/c1-24-17-11-7-15(8-12-17)20-22-19(14-5-9-16(21)10-6-14)18-4-2-3-13-23(18)20/h2-13H,1H3. The monoisotopic (exact) mass is 318 g/mol. The molecule has 3 nitrogen and oxygen atoms in total. The Bertz CT molecular complexity index is 989. The number of imidazole rings is 1. The summed E-state index contributed by atoms with van der Waals surface area (Å²) < 4.78 is 20.5. The van der Waals surface area contributed by atoms with Crippen LogP contribution in [0.5, 0.6) is 5.75 Å². The number of halogens is 1. The minimum Gasteiger partial charge on any atom is -0.497 e. The van der Waals surface area contributed by atoms with Gasteiger partial charge in [0.1, 0.15) is 17.4 Å². The third kappa shape index (κ3) is 2.42. The summed E-state index contributed by atoms with van der Waals surface area (Å²) in [6.07, 6.45) is 1.98. The number of nitrogens with zero attached hydrogens (tertiary/aromatic N) is 2. The van der Waals surface area contributed by atoms with Crippen molar-refractivity contribution in [2.75, 3.05) is 7.11 Å². The molecule has 0 aliphatic carbocycles. The van der Waals surface area contributed by atoms with Crippen LogP contribution in [0.25, 0.3) is 28.2 Å². The topological polar surface area (TPSA) is 26.5 Å². The van der Waals surface area contributed by atoms with Crippen LogP contribution in [0, 0.1) is 5.82 Å². The van der Waals surface area contributed by atoms with Crippen molar-refractivity contribution in [3.63, 3.8) is 0 Å². The quantitative estimate of drug-likeness (QED) is 0.541. The zero-order valence-electron chi connectivity index (χ0n) is 13.1. The number of fused-ring (bicyclic) bond motifs is 1. The number of hydrogen-bond acceptors (Lipinski definition) is 2. The molecular formula is C20H15FN2O. The molecule has 0 bridgehead atoms. The smallest absolute Gasteiger partial charge is 0.145 e. The van der Waals surface area contributed by atoms with Gasteiger partial charge in [-0.05, 0) is 60.7 Å². The molecule has 4 rings (SSSR count). The van der Waals surface area contributed by atoms with Crippen LogP contribution in [0.3, 0.4) is 0 Å². The Hall–Kier alpha value is -3.14. The van der Waals surface area contributed by atoms with E-state index in [1.807, 2.05) is 53.1 Å². The first-order valence-corrected chi connectivity index (χ1v) is 7.64. The maximum Gasteiger partial charge on any atom is 0.145 e. The molecule has 0 aliphatic heterocycles. The number of pyridine rings is 1. The molecule has 118 valence electrons. The van der Waals surface area contributed by atoms with Crippen molar-refractivity contribution >= 4 is 5.52 Å². The van der Waals surface area contributed by atoms with E-state index in [9.17, 15) is 4.39 Å². The predicted molar refractivity (Wildman–Crippen MR) is 92.6 cm³/mol. The van der Waals surface area contributed by atoms with Crippen molar-refractivity contribution in [1.82, 2.24) is 9.38 Å². The minimum atomic E-state index is -0.252. The molecule has 0 saturated heterocycles. The number of ether oxygens (including phenoxy) is 1. The molecular weight excluding hydrogens is 303 g/mol. The number of aromatic nitrogens is 2. The first-order valence-electron chi connectivity index (χ1n) is 7.64. The summed E-state index contributed by atoms with van der Waals surface area (Å²) in [6.45, 7) is 0. The molecule has 2 heterocycles. The van der Waals surface area contributed by atoms with Crippen LogP contribution in [0.1, 0.15) is 0 Å². The SMILES string of the molecule is COc1ccc(-c2nc(-c3ccc(F)cc3)c3ccccn23)cc1. The summed E-state index contributed by atoms with van der Waals surface area (Å²) in [5.41, 5.74) is 3.70. The van der Waals surface area contributed by atoms with Gasteiger partial charge in [-0.2, -0.15) is 0 Å². The van der Waals surface area contributed by atoms with Gasteiger partial charge in [0, 0.05) is 17.3 Å².